The molecule has 0 bridgehead atoms. The summed E-state index contributed by atoms with van der Waals surface area (Å²) < 4.78 is 5.44. The minimum absolute atomic E-state index is 0.0690. The summed E-state index contributed by atoms with van der Waals surface area (Å²) in [5, 5.41) is 3.12. The van der Waals surface area contributed by atoms with Crippen molar-refractivity contribution in [2.24, 2.45) is 0 Å². The first-order valence-electron chi connectivity index (χ1n) is 8.80. The third kappa shape index (κ3) is 4.85. The molecule has 0 fully saturated rings. The van der Waals surface area contributed by atoms with Crippen molar-refractivity contribution >= 4 is 11.6 Å². The minimum atomic E-state index is 0.0690. The van der Waals surface area contributed by atoms with E-state index in [1.54, 1.807) is 0 Å². The second kappa shape index (κ2) is 9.11. The highest BCUT2D eigenvalue weighted by atomic mass is 16.5. The Kier molecular flexibility index (Phi) is 6.86. The quantitative estimate of drug-likeness (QED) is 0.758. The standard InChI is InChI=1S/C21H27NO2/c1-4-17-8-7-9-18(5-2)21(17)22-20(23)15-12-16-10-13-19(14-11-16)24-6-3/h7-11,13-14H,4-6,12,15H2,1-3H3,(H,22,23). The lowest BCUT2D eigenvalue weighted by molar-refractivity contribution is -0.116. The zero-order valence-corrected chi connectivity index (χ0v) is 14.9. The molecule has 1 amide bonds. The number of anilines is 1. The van der Waals surface area contributed by atoms with Gasteiger partial charge in [0.25, 0.3) is 0 Å². The molecule has 0 aliphatic rings. The van der Waals surface area contributed by atoms with E-state index in [2.05, 4.69) is 37.4 Å². The van der Waals surface area contributed by atoms with E-state index >= 15 is 0 Å². The average Bonchev–Trinajstić information content (AvgIpc) is 2.61. The van der Waals surface area contributed by atoms with Crippen LogP contribution in [0.15, 0.2) is 42.5 Å². The molecule has 1 N–H and O–H groups in total. The number of benzene rings is 2. The monoisotopic (exact) mass is 325 g/mol. The van der Waals surface area contributed by atoms with Gasteiger partial charge in [0.1, 0.15) is 5.75 Å². The highest BCUT2D eigenvalue weighted by molar-refractivity contribution is 5.92. The molecule has 0 aliphatic carbocycles. The lowest BCUT2D eigenvalue weighted by Gasteiger charge is -2.14. The SMILES string of the molecule is CCOc1ccc(CCC(=O)Nc2c(CC)cccc2CC)cc1. The van der Waals surface area contributed by atoms with Gasteiger partial charge in [0, 0.05) is 12.1 Å². The highest BCUT2D eigenvalue weighted by Gasteiger charge is 2.10. The van der Waals surface area contributed by atoms with Gasteiger partial charge in [0.2, 0.25) is 5.91 Å². The highest BCUT2D eigenvalue weighted by Crippen LogP contribution is 2.23. The van der Waals surface area contributed by atoms with Crippen molar-refractivity contribution in [2.75, 3.05) is 11.9 Å². The van der Waals surface area contributed by atoms with Gasteiger partial charge >= 0.3 is 0 Å². The predicted molar refractivity (Wildman–Crippen MR) is 99.8 cm³/mol. The van der Waals surface area contributed by atoms with Crippen LogP contribution in [0.3, 0.4) is 0 Å². The Morgan fingerprint density at radius 3 is 2.12 bits per heavy atom. The van der Waals surface area contributed by atoms with E-state index in [1.807, 2.05) is 31.2 Å². The van der Waals surface area contributed by atoms with Crippen LogP contribution < -0.4 is 10.1 Å². The number of hydrogen-bond donors (Lipinski definition) is 1. The van der Waals surface area contributed by atoms with Gasteiger partial charge in [-0.1, -0.05) is 44.2 Å². The van der Waals surface area contributed by atoms with Crippen LogP contribution in [0.2, 0.25) is 0 Å². The number of amides is 1. The summed E-state index contributed by atoms with van der Waals surface area (Å²) in [5.74, 6) is 0.939. The third-order valence-electron chi connectivity index (χ3n) is 4.14. The molecule has 24 heavy (non-hydrogen) atoms. The molecule has 3 heteroatoms. The van der Waals surface area contributed by atoms with Crippen molar-refractivity contribution in [2.45, 2.75) is 46.5 Å². The van der Waals surface area contributed by atoms with Crippen molar-refractivity contribution in [3.63, 3.8) is 0 Å². The van der Waals surface area contributed by atoms with Crippen LogP contribution >= 0.6 is 0 Å². The normalized spacial score (nSPS) is 10.5. The summed E-state index contributed by atoms with van der Waals surface area (Å²) in [7, 11) is 0. The smallest absolute Gasteiger partial charge is 0.224 e. The lowest BCUT2D eigenvalue weighted by Crippen LogP contribution is -2.15. The fraction of sp³-hybridized carbons (Fsp3) is 0.381. The number of carbonyl (C=O) groups excluding carboxylic acids is 1. The molecule has 0 saturated heterocycles. The molecule has 0 atom stereocenters. The Balaban J connectivity index is 1.96. The number of hydrogen-bond acceptors (Lipinski definition) is 2. The van der Waals surface area contributed by atoms with E-state index in [0.29, 0.717) is 13.0 Å². The third-order valence-corrected chi connectivity index (χ3v) is 4.14. The van der Waals surface area contributed by atoms with Crippen LogP contribution in [0.5, 0.6) is 5.75 Å². The van der Waals surface area contributed by atoms with Crippen LogP contribution in [-0.4, -0.2) is 12.5 Å². The van der Waals surface area contributed by atoms with Crippen LogP contribution in [0.1, 0.15) is 43.9 Å². The maximum Gasteiger partial charge on any atom is 0.224 e. The molecule has 128 valence electrons. The van der Waals surface area contributed by atoms with Gasteiger partial charge in [0.05, 0.1) is 6.61 Å². The number of aryl methyl sites for hydroxylation is 3. The number of carbonyl (C=O) groups is 1. The molecule has 2 aromatic carbocycles. The topological polar surface area (TPSA) is 38.3 Å². The first kappa shape index (κ1) is 18.1. The number of rotatable bonds is 8. The van der Waals surface area contributed by atoms with Crippen molar-refractivity contribution in [1.29, 1.82) is 0 Å². The lowest BCUT2D eigenvalue weighted by atomic mass is 10.0. The summed E-state index contributed by atoms with van der Waals surface area (Å²) in [6.07, 6.45) is 3.05. The van der Waals surface area contributed by atoms with Gasteiger partial charge in [-0.05, 0) is 55.0 Å². The van der Waals surface area contributed by atoms with E-state index in [4.69, 9.17) is 4.74 Å². The molecular weight excluding hydrogens is 298 g/mol. The number of nitrogens with one attached hydrogen (secondary N) is 1. The zero-order valence-electron chi connectivity index (χ0n) is 14.9. The summed E-state index contributed by atoms with van der Waals surface area (Å²) >= 11 is 0. The van der Waals surface area contributed by atoms with Crippen LogP contribution in [-0.2, 0) is 24.1 Å². The van der Waals surface area contributed by atoms with Gasteiger partial charge in [-0.25, -0.2) is 0 Å². The van der Waals surface area contributed by atoms with Crippen LogP contribution in [0.25, 0.3) is 0 Å². The van der Waals surface area contributed by atoms with E-state index in [1.165, 1.54) is 11.1 Å². The Hall–Kier alpha value is -2.29. The largest absolute Gasteiger partial charge is 0.494 e. The van der Waals surface area contributed by atoms with Crippen LogP contribution in [0.4, 0.5) is 5.69 Å². The van der Waals surface area contributed by atoms with Crippen LogP contribution in [0, 0.1) is 0 Å². The second-order valence-corrected chi connectivity index (χ2v) is 5.78. The van der Waals surface area contributed by atoms with Gasteiger partial charge in [-0.15, -0.1) is 0 Å². The zero-order chi connectivity index (χ0) is 17.4. The van der Waals surface area contributed by atoms with Crippen molar-refractivity contribution in [1.82, 2.24) is 0 Å². The minimum Gasteiger partial charge on any atom is -0.494 e. The molecule has 0 aromatic heterocycles. The van der Waals surface area contributed by atoms with Gasteiger partial charge in [-0.3, -0.25) is 4.79 Å². The first-order chi connectivity index (χ1) is 11.7. The Labute approximate surface area is 145 Å². The summed E-state index contributed by atoms with van der Waals surface area (Å²) in [6, 6.07) is 14.2. The maximum absolute atomic E-state index is 12.4. The molecule has 3 nitrogen and oxygen atoms in total. The van der Waals surface area contributed by atoms with Gasteiger partial charge in [-0.2, -0.15) is 0 Å². The Bertz CT molecular complexity index is 640. The average molecular weight is 325 g/mol. The first-order valence-corrected chi connectivity index (χ1v) is 8.80. The van der Waals surface area contributed by atoms with Crippen molar-refractivity contribution in [3.05, 3.63) is 59.2 Å². The Morgan fingerprint density at radius 1 is 0.958 bits per heavy atom. The van der Waals surface area contributed by atoms with Crippen molar-refractivity contribution < 1.29 is 9.53 Å². The summed E-state index contributed by atoms with van der Waals surface area (Å²) in [5.41, 5.74) is 4.54. The number of ether oxygens (including phenoxy) is 1. The predicted octanol–water partition coefficient (Wildman–Crippen LogP) is 4.78. The van der Waals surface area contributed by atoms with Gasteiger partial charge in [0.15, 0.2) is 0 Å². The maximum atomic E-state index is 12.4. The fourth-order valence-electron chi connectivity index (χ4n) is 2.78. The molecule has 0 saturated carbocycles. The Morgan fingerprint density at radius 2 is 1.58 bits per heavy atom. The molecule has 0 radical (unpaired) electrons. The van der Waals surface area contributed by atoms with E-state index in [9.17, 15) is 4.79 Å². The fourth-order valence-corrected chi connectivity index (χ4v) is 2.78. The van der Waals surface area contributed by atoms with E-state index < -0.39 is 0 Å². The summed E-state index contributed by atoms with van der Waals surface area (Å²) in [6.45, 7) is 6.87. The molecular formula is C21H27NO2. The molecule has 0 heterocycles. The molecule has 0 spiro atoms. The molecule has 0 unspecified atom stereocenters. The van der Waals surface area contributed by atoms with E-state index in [-0.39, 0.29) is 5.91 Å². The van der Waals surface area contributed by atoms with E-state index in [0.717, 1.165) is 36.3 Å². The van der Waals surface area contributed by atoms with Crippen molar-refractivity contribution in [3.8, 4) is 5.75 Å². The molecule has 2 aromatic rings. The summed E-state index contributed by atoms with van der Waals surface area (Å²) in [4.78, 5) is 12.4. The molecule has 2 rings (SSSR count). The number of para-hydroxylation sites is 1. The second-order valence-electron chi connectivity index (χ2n) is 5.78. The van der Waals surface area contributed by atoms with Gasteiger partial charge < -0.3 is 10.1 Å². The molecule has 0 aliphatic heterocycles.